The number of anilines is 1. The van der Waals surface area contributed by atoms with Gasteiger partial charge in [-0.2, -0.15) is 0 Å². The number of rotatable bonds is 7. The Morgan fingerprint density at radius 2 is 2.00 bits per heavy atom. The fourth-order valence-electron chi connectivity index (χ4n) is 3.67. The molecule has 174 valence electrons. The molecule has 2 N–H and O–H groups in total. The van der Waals surface area contributed by atoms with E-state index in [9.17, 15) is 9.59 Å². The molecule has 33 heavy (non-hydrogen) atoms. The summed E-state index contributed by atoms with van der Waals surface area (Å²) in [6.07, 6.45) is 2.09. The summed E-state index contributed by atoms with van der Waals surface area (Å²) in [5, 5.41) is 16.3. The van der Waals surface area contributed by atoms with Crippen molar-refractivity contribution < 1.29 is 14.3 Å². The molecule has 1 saturated heterocycles. The Hall–Kier alpha value is -3.47. The van der Waals surface area contributed by atoms with Gasteiger partial charge in [0.2, 0.25) is 11.8 Å². The van der Waals surface area contributed by atoms with Gasteiger partial charge in [0, 0.05) is 30.5 Å². The van der Waals surface area contributed by atoms with Crippen LogP contribution in [0.25, 0.3) is 5.65 Å². The highest BCUT2D eigenvalue weighted by molar-refractivity contribution is 6.30. The van der Waals surface area contributed by atoms with Crippen LogP contribution in [0.2, 0.25) is 5.02 Å². The molecule has 0 saturated carbocycles. The van der Waals surface area contributed by atoms with Gasteiger partial charge in [0.15, 0.2) is 11.5 Å². The third kappa shape index (κ3) is 5.86. The van der Waals surface area contributed by atoms with Crippen molar-refractivity contribution in [3.8, 4) is 5.75 Å². The lowest BCUT2D eigenvalue weighted by Crippen LogP contribution is -2.47. The number of amides is 2. The molecule has 0 atom stereocenters. The number of hydrazine groups is 1. The molecule has 0 aliphatic carbocycles. The molecule has 0 spiro atoms. The van der Waals surface area contributed by atoms with Gasteiger partial charge >= 0.3 is 0 Å². The molecule has 3 aromatic rings. The topological polar surface area (TPSA) is 127 Å². The van der Waals surface area contributed by atoms with Crippen LogP contribution in [-0.2, 0) is 9.59 Å². The van der Waals surface area contributed by atoms with E-state index in [4.69, 9.17) is 16.3 Å². The average molecular weight is 473 g/mol. The van der Waals surface area contributed by atoms with Crippen LogP contribution in [-0.4, -0.2) is 56.8 Å². The second-order valence-corrected chi connectivity index (χ2v) is 8.32. The van der Waals surface area contributed by atoms with Gasteiger partial charge in [-0.05, 0) is 72.5 Å². The third-order valence-electron chi connectivity index (χ3n) is 5.51. The number of piperidine rings is 1. The lowest BCUT2D eigenvalue weighted by Gasteiger charge is -2.31. The molecule has 2 amide bonds. The molecule has 0 bridgehead atoms. The number of fused-ring (bicyclic) bond motifs is 1. The summed E-state index contributed by atoms with van der Waals surface area (Å²) in [5.74, 6) is 0.899. The first kappa shape index (κ1) is 22.7. The number of hydrogen-bond donors (Lipinski definition) is 2. The van der Waals surface area contributed by atoms with E-state index in [1.54, 1.807) is 12.1 Å². The Kier molecular flexibility index (Phi) is 7.18. The van der Waals surface area contributed by atoms with Crippen LogP contribution in [0.15, 0.2) is 30.3 Å². The largest absolute Gasteiger partial charge is 0.493 e. The molecular formula is C21H25ClN8O3. The summed E-state index contributed by atoms with van der Waals surface area (Å²) in [7, 11) is 0. The zero-order chi connectivity index (χ0) is 23.2. The average Bonchev–Trinajstić information content (AvgIpc) is 3.29. The zero-order valence-electron chi connectivity index (χ0n) is 18.2. The maximum Gasteiger partial charge on any atom is 0.241 e. The van der Waals surface area contributed by atoms with Crippen LogP contribution in [0.1, 0.15) is 31.2 Å². The van der Waals surface area contributed by atoms with Crippen LogP contribution in [0.3, 0.4) is 0 Å². The van der Waals surface area contributed by atoms with Crippen LogP contribution < -0.4 is 20.5 Å². The predicted molar refractivity (Wildman–Crippen MR) is 121 cm³/mol. The lowest BCUT2D eigenvalue weighted by molar-refractivity contribution is -0.131. The summed E-state index contributed by atoms with van der Waals surface area (Å²) in [4.78, 5) is 26.6. The highest BCUT2D eigenvalue weighted by Crippen LogP contribution is 2.23. The molecule has 3 heterocycles. The lowest BCUT2D eigenvalue weighted by atomic mass is 9.96. The molecule has 1 fully saturated rings. The van der Waals surface area contributed by atoms with Crippen molar-refractivity contribution in [2.45, 2.75) is 32.6 Å². The Labute approximate surface area is 195 Å². The maximum absolute atomic E-state index is 12.4. The number of nitrogens with zero attached hydrogens (tertiary/aromatic N) is 6. The summed E-state index contributed by atoms with van der Waals surface area (Å²) < 4.78 is 7.06. The molecule has 1 aliphatic heterocycles. The highest BCUT2D eigenvalue weighted by atomic mass is 35.5. The van der Waals surface area contributed by atoms with Gasteiger partial charge in [0.05, 0.1) is 6.61 Å². The summed E-state index contributed by atoms with van der Waals surface area (Å²) in [5.41, 5.74) is 6.56. The van der Waals surface area contributed by atoms with Gasteiger partial charge < -0.3 is 9.64 Å². The van der Waals surface area contributed by atoms with Gasteiger partial charge in [-0.3, -0.25) is 20.4 Å². The van der Waals surface area contributed by atoms with E-state index in [0.29, 0.717) is 49.6 Å². The number of carbonyl (C=O) groups excluding carboxylic acids is 2. The van der Waals surface area contributed by atoms with Crippen LogP contribution in [0.4, 0.5) is 5.82 Å². The van der Waals surface area contributed by atoms with Crippen molar-refractivity contribution in [1.82, 2.24) is 36.1 Å². The van der Waals surface area contributed by atoms with E-state index in [2.05, 4.69) is 36.4 Å². The Bertz CT molecular complexity index is 1130. The number of aromatic nitrogens is 5. The third-order valence-corrected chi connectivity index (χ3v) is 5.75. The summed E-state index contributed by atoms with van der Waals surface area (Å²) >= 11 is 5.93. The van der Waals surface area contributed by atoms with Crippen molar-refractivity contribution in [1.29, 1.82) is 0 Å². The Morgan fingerprint density at radius 3 is 2.79 bits per heavy atom. The summed E-state index contributed by atoms with van der Waals surface area (Å²) in [6, 6.07) is 9.07. The minimum absolute atomic E-state index is 0.172. The number of aryl methyl sites for hydroxylation is 1. The van der Waals surface area contributed by atoms with Gasteiger partial charge in [0.1, 0.15) is 5.75 Å². The van der Waals surface area contributed by atoms with E-state index in [1.165, 1.54) is 4.63 Å². The van der Waals surface area contributed by atoms with Crippen LogP contribution >= 0.6 is 11.6 Å². The second-order valence-electron chi connectivity index (χ2n) is 7.88. The molecule has 11 nitrogen and oxygen atoms in total. The molecule has 2 aromatic heterocycles. The fourth-order valence-corrected chi connectivity index (χ4v) is 3.89. The van der Waals surface area contributed by atoms with Crippen molar-refractivity contribution in [3.63, 3.8) is 0 Å². The highest BCUT2D eigenvalue weighted by Gasteiger charge is 2.26. The van der Waals surface area contributed by atoms with Crippen LogP contribution in [0, 0.1) is 12.8 Å². The number of ether oxygens (including phenoxy) is 1. The number of nitrogens with one attached hydrogen (secondary N) is 2. The molecular weight excluding hydrogens is 448 g/mol. The van der Waals surface area contributed by atoms with Crippen molar-refractivity contribution in [2.24, 2.45) is 5.92 Å². The second kappa shape index (κ2) is 10.4. The van der Waals surface area contributed by atoms with Gasteiger partial charge in [-0.15, -0.1) is 14.8 Å². The maximum atomic E-state index is 12.4. The first-order valence-electron chi connectivity index (χ1n) is 10.8. The molecule has 0 unspecified atom stereocenters. The van der Waals surface area contributed by atoms with E-state index in [1.807, 2.05) is 25.1 Å². The predicted octanol–water partition coefficient (Wildman–Crippen LogP) is 1.70. The van der Waals surface area contributed by atoms with Crippen molar-refractivity contribution in [2.75, 3.05) is 24.6 Å². The number of carbonyl (C=O) groups is 2. The monoisotopic (exact) mass is 472 g/mol. The Morgan fingerprint density at radius 1 is 1.18 bits per heavy atom. The Balaban J connectivity index is 1.14. The quantitative estimate of drug-likeness (QED) is 0.393. The number of tetrazole rings is 1. The van der Waals surface area contributed by atoms with Gasteiger partial charge in [-0.25, -0.2) is 0 Å². The van der Waals surface area contributed by atoms with Gasteiger partial charge in [0.25, 0.3) is 0 Å². The molecule has 12 heteroatoms. The van der Waals surface area contributed by atoms with E-state index < -0.39 is 0 Å². The zero-order valence-corrected chi connectivity index (χ0v) is 19.0. The smallest absolute Gasteiger partial charge is 0.241 e. The number of hydrogen-bond acceptors (Lipinski definition) is 8. The molecule has 0 radical (unpaired) electrons. The first-order chi connectivity index (χ1) is 16.0. The minimum atomic E-state index is -0.254. The first-order valence-corrected chi connectivity index (χ1v) is 11.2. The van der Waals surface area contributed by atoms with E-state index in [0.717, 1.165) is 17.1 Å². The normalized spacial score (nSPS) is 14.3. The van der Waals surface area contributed by atoms with Crippen LogP contribution in [0.5, 0.6) is 5.75 Å². The molecule has 1 aliphatic rings. The van der Waals surface area contributed by atoms with Crippen molar-refractivity contribution >= 4 is 34.9 Å². The molecule has 1 aromatic carbocycles. The summed E-state index contributed by atoms with van der Waals surface area (Å²) in [6.45, 7) is 3.66. The van der Waals surface area contributed by atoms with Crippen molar-refractivity contribution in [3.05, 3.63) is 40.9 Å². The standard InChI is InChI=1S/C21H25ClN8O3/c1-14-13-16(22)4-5-17(14)33-12-2-3-20(31)24-25-21(32)15-8-10-29(11-9-15)19-7-6-18-23-27-28-30(18)26-19/h4-7,13,15H,2-3,8-12H2,1H3,(H,24,31)(H,25,32). The number of halogens is 1. The van der Waals surface area contributed by atoms with Gasteiger partial charge in [-0.1, -0.05) is 11.6 Å². The van der Waals surface area contributed by atoms with E-state index >= 15 is 0 Å². The molecule has 4 rings (SSSR count). The fraction of sp³-hybridized carbons (Fsp3) is 0.429. The minimum Gasteiger partial charge on any atom is -0.493 e. The number of benzene rings is 1. The SMILES string of the molecule is Cc1cc(Cl)ccc1OCCCC(=O)NNC(=O)C1CCN(c2ccc3nnnn3n2)CC1. The van der Waals surface area contributed by atoms with E-state index in [-0.39, 0.29) is 24.2 Å².